The molecule has 98 valence electrons. The van der Waals surface area contributed by atoms with Gasteiger partial charge in [0.25, 0.3) is 0 Å². The highest BCUT2D eigenvalue weighted by Crippen LogP contribution is 2.19. The van der Waals surface area contributed by atoms with Crippen LogP contribution in [0.3, 0.4) is 0 Å². The molecule has 4 N–H and O–H groups in total. The summed E-state index contributed by atoms with van der Waals surface area (Å²) >= 11 is 0. The quantitative estimate of drug-likeness (QED) is 0.694. The van der Waals surface area contributed by atoms with Gasteiger partial charge in [0.05, 0.1) is 17.8 Å². The lowest BCUT2D eigenvalue weighted by Crippen LogP contribution is -2.35. The number of ether oxygens (including phenoxy) is 1. The molecule has 5 nitrogen and oxygen atoms in total. The molecule has 1 aliphatic heterocycles. The predicted molar refractivity (Wildman–Crippen MR) is 66.6 cm³/mol. The Morgan fingerprint density at radius 1 is 1.61 bits per heavy atom. The van der Waals surface area contributed by atoms with Gasteiger partial charge in [0.1, 0.15) is 5.82 Å². The molecule has 0 bridgehead atoms. The summed E-state index contributed by atoms with van der Waals surface area (Å²) in [6, 6.07) is 3.71. The Labute approximate surface area is 104 Å². The van der Waals surface area contributed by atoms with Crippen molar-refractivity contribution in [2.45, 2.75) is 18.6 Å². The second-order valence-corrected chi connectivity index (χ2v) is 4.28. The summed E-state index contributed by atoms with van der Waals surface area (Å²) in [7, 11) is 1.60. The molecule has 1 aromatic carbocycles. The lowest BCUT2D eigenvalue weighted by molar-refractivity contribution is -0.118. The van der Waals surface area contributed by atoms with E-state index < -0.39 is 5.82 Å². The largest absolute Gasteiger partial charge is 0.399 e. The number of rotatable bonds is 3. The molecule has 0 aliphatic carbocycles. The molecule has 6 heteroatoms. The molecule has 1 heterocycles. The van der Waals surface area contributed by atoms with Crippen molar-refractivity contribution in [1.29, 1.82) is 0 Å². The SMILES string of the molecule is CO[C@H]1CN[C@@H](C(=O)Nc2cc(N)ccc2F)C1. The Balaban J connectivity index is 2.01. The van der Waals surface area contributed by atoms with Gasteiger partial charge in [0.15, 0.2) is 0 Å². The number of nitrogens with one attached hydrogen (secondary N) is 2. The molecule has 0 saturated carbocycles. The van der Waals surface area contributed by atoms with Crippen molar-refractivity contribution in [2.75, 3.05) is 24.7 Å². The van der Waals surface area contributed by atoms with Crippen molar-refractivity contribution in [1.82, 2.24) is 5.32 Å². The van der Waals surface area contributed by atoms with Gasteiger partial charge >= 0.3 is 0 Å². The van der Waals surface area contributed by atoms with Crippen molar-refractivity contribution >= 4 is 17.3 Å². The average molecular weight is 253 g/mol. The molecule has 2 rings (SSSR count). The van der Waals surface area contributed by atoms with E-state index in [4.69, 9.17) is 10.5 Å². The second-order valence-electron chi connectivity index (χ2n) is 4.28. The fourth-order valence-electron chi connectivity index (χ4n) is 1.94. The van der Waals surface area contributed by atoms with Crippen LogP contribution in [0.25, 0.3) is 0 Å². The fraction of sp³-hybridized carbons (Fsp3) is 0.417. The Kier molecular flexibility index (Phi) is 3.78. The Bertz CT molecular complexity index is 453. The zero-order valence-corrected chi connectivity index (χ0v) is 10.1. The first-order valence-corrected chi connectivity index (χ1v) is 5.72. The zero-order valence-electron chi connectivity index (χ0n) is 10.1. The minimum Gasteiger partial charge on any atom is -0.399 e. The summed E-state index contributed by atoms with van der Waals surface area (Å²) in [6.45, 7) is 0.619. The number of hydrogen-bond donors (Lipinski definition) is 3. The first-order valence-electron chi connectivity index (χ1n) is 5.72. The van der Waals surface area contributed by atoms with Crippen LogP contribution in [0.1, 0.15) is 6.42 Å². The van der Waals surface area contributed by atoms with Gasteiger partial charge in [-0.05, 0) is 24.6 Å². The fourth-order valence-corrected chi connectivity index (χ4v) is 1.94. The van der Waals surface area contributed by atoms with Crippen LogP contribution in [0, 0.1) is 5.82 Å². The number of nitrogens with two attached hydrogens (primary N) is 1. The standard InChI is InChI=1S/C12H16FN3O2/c1-18-8-5-11(15-6-8)12(17)16-10-4-7(14)2-3-9(10)13/h2-4,8,11,15H,5-6,14H2,1H3,(H,16,17)/t8-,11-/m1/s1. The maximum absolute atomic E-state index is 13.4. The van der Waals surface area contributed by atoms with Crippen LogP contribution in [0.5, 0.6) is 0 Å². The van der Waals surface area contributed by atoms with Crippen molar-refractivity contribution < 1.29 is 13.9 Å². The van der Waals surface area contributed by atoms with Crippen LogP contribution in [0.2, 0.25) is 0 Å². The maximum Gasteiger partial charge on any atom is 0.241 e. The number of carbonyl (C=O) groups excluding carboxylic acids is 1. The number of methoxy groups -OCH3 is 1. The van der Waals surface area contributed by atoms with E-state index in [9.17, 15) is 9.18 Å². The van der Waals surface area contributed by atoms with Gasteiger partial charge in [0, 0.05) is 19.3 Å². The molecule has 1 aliphatic rings. The smallest absolute Gasteiger partial charge is 0.241 e. The lowest BCUT2D eigenvalue weighted by Gasteiger charge is -2.12. The molecular weight excluding hydrogens is 237 g/mol. The second kappa shape index (κ2) is 5.32. The highest BCUT2D eigenvalue weighted by molar-refractivity contribution is 5.95. The number of anilines is 2. The highest BCUT2D eigenvalue weighted by atomic mass is 19.1. The molecule has 1 saturated heterocycles. The molecule has 1 fully saturated rings. The number of nitrogen functional groups attached to an aromatic ring is 1. The third-order valence-corrected chi connectivity index (χ3v) is 2.99. The summed E-state index contributed by atoms with van der Waals surface area (Å²) in [5.41, 5.74) is 6.05. The molecule has 0 unspecified atom stereocenters. The summed E-state index contributed by atoms with van der Waals surface area (Å²) in [6.07, 6.45) is 0.596. The number of amides is 1. The van der Waals surface area contributed by atoms with Crippen molar-refractivity contribution in [3.05, 3.63) is 24.0 Å². The predicted octanol–water partition coefficient (Wildman–Crippen LogP) is 0.723. The Hall–Kier alpha value is -1.66. The normalized spacial score (nSPS) is 23.0. The van der Waals surface area contributed by atoms with Gasteiger partial charge in [-0.2, -0.15) is 0 Å². The van der Waals surface area contributed by atoms with Crippen molar-refractivity contribution in [2.24, 2.45) is 0 Å². The monoisotopic (exact) mass is 253 g/mol. The van der Waals surface area contributed by atoms with Gasteiger partial charge in [-0.1, -0.05) is 0 Å². The third kappa shape index (κ3) is 2.77. The molecule has 1 amide bonds. The van der Waals surface area contributed by atoms with Crippen LogP contribution in [0.4, 0.5) is 15.8 Å². The summed E-state index contributed by atoms with van der Waals surface area (Å²) in [5.74, 6) is -0.780. The molecule has 0 spiro atoms. The van der Waals surface area contributed by atoms with E-state index in [1.165, 1.54) is 18.2 Å². The minimum absolute atomic E-state index is 0.0199. The first-order chi connectivity index (χ1) is 8.60. The van der Waals surface area contributed by atoms with Crippen LogP contribution >= 0.6 is 0 Å². The maximum atomic E-state index is 13.4. The van der Waals surface area contributed by atoms with Gasteiger partial charge in [-0.3, -0.25) is 4.79 Å². The van der Waals surface area contributed by atoms with E-state index >= 15 is 0 Å². The van der Waals surface area contributed by atoms with Gasteiger partial charge < -0.3 is 21.1 Å². The Morgan fingerprint density at radius 3 is 3.06 bits per heavy atom. The highest BCUT2D eigenvalue weighted by Gasteiger charge is 2.29. The zero-order chi connectivity index (χ0) is 13.1. The molecular formula is C12H16FN3O2. The molecule has 1 aromatic rings. The average Bonchev–Trinajstić information content (AvgIpc) is 2.82. The van der Waals surface area contributed by atoms with E-state index in [0.717, 1.165) is 0 Å². The third-order valence-electron chi connectivity index (χ3n) is 2.99. The van der Waals surface area contributed by atoms with E-state index in [-0.39, 0.29) is 23.7 Å². The van der Waals surface area contributed by atoms with E-state index in [2.05, 4.69) is 10.6 Å². The van der Waals surface area contributed by atoms with Crippen LogP contribution in [0.15, 0.2) is 18.2 Å². The molecule has 2 atom stereocenters. The number of halogens is 1. The van der Waals surface area contributed by atoms with E-state index in [0.29, 0.717) is 18.7 Å². The first kappa shape index (κ1) is 12.8. The van der Waals surface area contributed by atoms with E-state index in [1.807, 2.05) is 0 Å². The molecule has 0 radical (unpaired) electrons. The summed E-state index contributed by atoms with van der Waals surface area (Å²) in [5, 5.41) is 5.55. The van der Waals surface area contributed by atoms with Gasteiger partial charge in [-0.25, -0.2) is 4.39 Å². The molecule has 18 heavy (non-hydrogen) atoms. The number of benzene rings is 1. The number of carbonyl (C=O) groups is 1. The van der Waals surface area contributed by atoms with Gasteiger partial charge in [0.2, 0.25) is 5.91 Å². The van der Waals surface area contributed by atoms with Crippen LogP contribution in [-0.2, 0) is 9.53 Å². The van der Waals surface area contributed by atoms with Crippen molar-refractivity contribution in [3.8, 4) is 0 Å². The Morgan fingerprint density at radius 2 is 2.39 bits per heavy atom. The minimum atomic E-state index is -0.501. The van der Waals surface area contributed by atoms with Gasteiger partial charge in [-0.15, -0.1) is 0 Å². The van der Waals surface area contributed by atoms with Crippen LogP contribution < -0.4 is 16.4 Å². The molecule has 0 aromatic heterocycles. The number of hydrogen-bond acceptors (Lipinski definition) is 4. The lowest BCUT2D eigenvalue weighted by atomic mass is 10.2. The topological polar surface area (TPSA) is 76.4 Å². The van der Waals surface area contributed by atoms with E-state index in [1.54, 1.807) is 7.11 Å². The van der Waals surface area contributed by atoms with Crippen molar-refractivity contribution in [3.63, 3.8) is 0 Å². The summed E-state index contributed by atoms with van der Waals surface area (Å²) in [4.78, 5) is 11.9. The summed E-state index contributed by atoms with van der Waals surface area (Å²) < 4.78 is 18.6. The van der Waals surface area contributed by atoms with Crippen LogP contribution in [-0.4, -0.2) is 31.7 Å².